The van der Waals surface area contributed by atoms with Crippen LogP contribution in [0.4, 0.5) is 5.69 Å². The first-order chi connectivity index (χ1) is 12.7. The number of ketones is 1. The van der Waals surface area contributed by atoms with Crippen molar-refractivity contribution in [1.82, 2.24) is 0 Å². The van der Waals surface area contributed by atoms with Gasteiger partial charge in [0.1, 0.15) is 0 Å². The van der Waals surface area contributed by atoms with Crippen molar-refractivity contribution in [3.05, 3.63) is 88.1 Å². The van der Waals surface area contributed by atoms with E-state index in [1.165, 1.54) is 16.3 Å². The van der Waals surface area contributed by atoms with E-state index in [0.29, 0.717) is 11.4 Å². The van der Waals surface area contributed by atoms with Gasteiger partial charge in [-0.25, -0.2) is 0 Å². The highest BCUT2D eigenvalue weighted by Gasteiger charge is 2.36. The summed E-state index contributed by atoms with van der Waals surface area (Å²) in [4.78, 5) is 12.9. The van der Waals surface area contributed by atoms with Crippen LogP contribution in [-0.2, 0) is 4.79 Å². The molecule has 0 amide bonds. The van der Waals surface area contributed by atoms with E-state index in [9.17, 15) is 4.79 Å². The van der Waals surface area contributed by atoms with Crippen LogP contribution in [0.2, 0.25) is 5.02 Å². The molecule has 5 rings (SSSR count). The lowest BCUT2D eigenvalue weighted by Gasteiger charge is -2.35. The Kier molecular flexibility index (Phi) is 3.61. The highest BCUT2D eigenvalue weighted by Crippen LogP contribution is 2.48. The number of hydrogen-bond donors (Lipinski definition) is 1. The summed E-state index contributed by atoms with van der Waals surface area (Å²) in [5, 5.41) is 6.64. The number of halogens is 1. The van der Waals surface area contributed by atoms with Gasteiger partial charge in [0.25, 0.3) is 0 Å². The lowest BCUT2D eigenvalue weighted by molar-refractivity contribution is -0.116. The molecule has 26 heavy (non-hydrogen) atoms. The van der Waals surface area contributed by atoms with Crippen molar-refractivity contribution >= 4 is 33.8 Å². The zero-order valence-electron chi connectivity index (χ0n) is 14.3. The molecule has 3 heteroatoms. The van der Waals surface area contributed by atoms with Gasteiger partial charge in [0.2, 0.25) is 0 Å². The number of carbonyl (C=O) groups is 1. The average molecular weight is 360 g/mol. The number of rotatable bonds is 1. The van der Waals surface area contributed by atoms with Gasteiger partial charge in [-0.2, -0.15) is 0 Å². The summed E-state index contributed by atoms with van der Waals surface area (Å²) in [5.74, 6) is 0.182. The molecule has 0 radical (unpaired) electrons. The van der Waals surface area contributed by atoms with Crippen molar-refractivity contribution in [2.45, 2.75) is 25.2 Å². The van der Waals surface area contributed by atoms with Crippen LogP contribution in [0.25, 0.3) is 10.8 Å². The minimum atomic E-state index is -0.0705. The van der Waals surface area contributed by atoms with Crippen LogP contribution in [0.5, 0.6) is 0 Å². The molecule has 0 bridgehead atoms. The van der Waals surface area contributed by atoms with Gasteiger partial charge in [-0.1, -0.05) is 54.1 Å². The fourth-order valence-electron chi connectivity index (χ4n) is 4.37. The second kappa shape index (κ2) is 6.00. The zero-order chi connectivity index (χ0) is 17.7. The zero-order valence-corrected chi connectivity index (χ0v) is 15.0. The summed E-state index contributed by atoms with van der Waals surface area (Å²) < 4.78 is 0. The van der Waals surface area contributed by atoms with E-state index in [4.69, 9.17) is 11.6 Å². The maximum Gasteiger partial charge on any atom is 0.161 e. The Morgan fingerprint density at radius 3 is 2.73 bits per heavy atom. The topological polar surface area (TPSA) is 29.1 Å². The number of hydrogen-bond acceptors (Lipinski definition) is 2. The highest BCUT2D eigenvalue weighted by molar-refractivity contribution is 6.30. The minimum Gasteiger partial charge on any atom is -0.358 e. The molecule has 0 fully saturated rings. The van der Waals surface area contributed by atoms with E-state index in [1.807, 2.05) is 18.2 Å². The van der Waals surface area contributed by atoms with Crippen LogP contribution >= 0.6 is 11.6 Å². The van der Waals surface area contributed by atoms with E-state index in [-0.39, 0.29) is 11.7 Å². The summed E-state index contributed by atoms with van der Waals surface area (Å²) in [6.07, 6.45) is 2.46. The molecule has 1 atom stereocenters. The standard InChI is InChI=1S/C23H18ClNO/c24-16-7-3-6-15(13-16)21-22-17-8-2-1-5-14(17)11-12-19(22)25-18-9-4-10-20(26)23(18)21/h1-3,5-8,11-13,21,25H,4,9-10H2. The molecule has 0 saturated carbocycles. The fourth-order valence-corrected chi connectivity index (χ4v) is 4.57. The third-order valence-corrected chi connectivity index (χ3v) is 5.71. The predicted octanol–water partition coefficient (Wildman–Crippen LogP) is 6.06. The van der Waals surface area contributed by atoms with Gasteiger partial charge in [0, 0.05) is 34.3 Å². The van der Waals surface area contributed by atoms with Crippen molar-refractivity contribution in [2.75, 3.05) is 5.32 Å². The van der Waals surface area contributed by atoms with Gasteiger partial charge >= 0.3 is 0 Å². The summed E-state index contributed by atoms with van der Waals surface area (Å²) >= 11 is 6.30. The Hall–Kier alpha value is -2.58. The Morgan fingerprint density at radius 1 is 0.962 bits per heavy atom. The minimum absolute atomic E-state index is 0.0705. The van der Waals surface area contributed by atoms with Gasteiger partial charge in [-0.15, -0.1) is 0 Å². The molecule has 2 aliphatic rings. The van der Waals surface area contributed by atoms with Crippen LogP contribution in [-0.4, -0.2) is 5.78 Å². The molecule has 0 saturated heterocycles. The second-order valence-electron chi connectivity index (χ2n) is 7.03. The van der Waals surface area contributed by atoms with E-state index in [0.717, 1.165) is 35.4 Å². The highest BCUT2D eigenvalue weighted by atomic mass is 35.5. The third-order valence-electron chi connectivity index (χ3n) is 5.47. The Labute approximate surface area is 157 Å². The molecule has 0 aromatic heterocycles. The second-order valence-corrected chi connectivity index (χ2v) is 7.47. The lowest BCUT2D eigenvalue weighted by Crippen LogP contribution is -2.27. The number of anilines is 1. The van der Waals surface area contributed by atoms with Gasteiger partial charge in [-0.05, 0) is 52.9 Å². The Morgan fingerprint density at radius 2 is 1.85 bits per heavy atom. The van der Waals surface area contributed by atoms with Gasteiger partial charge in [0.05, 0.1) is 0 Å². The normalized spacial score (nSPS) is 19.1. The molecule has 3 aromatic carbocycles. The Bertz CT molecular complexity index is 1080. The molecular weight excluding hydrogens is 342 g/mol. The van der Waals surface area contributed by atoms with Crippen molar-refractivity contribution < 1.29 is 4.79 Å². The molecule has 2 nitrogen and oxygen atoms in total. The summed E-state index contributed by atoms with van der Waals surface area (Å²) in [6, 6.07) is 20.6. The molecule has 1 N–H and O–H groups in total. The number of benzene rings is 3. The first-order valence-corrected chi connectivity index (χ1v) is 9.40. The SMILES string of the molecule is O=C1CCCC2=C1C(c1cccc(Cl)c1)c1c(ccc3ccccc13)N2. The van der Waals surface area contributed by atoms with Gasteiger partial charge < -0.3 is 5.32 Å². The van der Waals surface area contributed by atoms with Crippen LogP contribution < -0.4 is 5.32 Å². The van der Waals surface area contributed by atoms with Crippen molar-refractivity contribution in [1.29, 1.82) is 0 Å². The lowest BCUT2D eigenvalue weighted by atomic mass is 9.74. The monoisotopic (exact) mass is 359 g/mol. The molecular formula is C23H18ClNO. The average Bonchev–Trinajstić information content (AvgIpc) is 2.66. The fraction of sp³-hybridized carbons (Fsp3) is 0.174. The number of fused-ring (bicyclic) bond motifs is 3. The predicted molar refractivity (Wildman–Crippen MR) is 107 cm³/mol. The summed E-state index contributed by atoms with van der Waals surface area (Å²) in [5.41, 5.74) is 5.36. The van der Waals surface area contributed by atoms with Gasteiger partial charge in [0.15, 0.2) is 5.78 Å². The molecule has 1 heterocycles. The largest absolute Gasteiger partial charge is 0.358 e. The number of nitrogens with one attached hydrogen (secondary N) is 1. The van der Waals surface area contributed by atoms with E-state index < -0.39 is 0 Å². The smallest absolute Gasteiger partial charge is 0.161 e. The molecule has 1 aliphatic carbocycles. The maximum atomic E-state index is 12.9. The number of carbonyl (C=O) groups excluding carboxylic acids is 1. The van der Waals surface area contributed by atoms with Crippen molar-refractivity contribution in [3.63, 3.8) is 0 Å². The van der Waals surface area contributed by atoms with Crippen LogP contribution in [0.15, 0.2) is 71.9 Å². The number of Topliss-reactive ketones (excluding diaryl/α,β-unsaturated/α-hetero) is 1. The molecule has 0 spiro atoms. The van der Waals surface area contributed by atoms with Crippen LogP contribution in [0.3, 0.4) is 0 Å². The summed E-state index contributed by atoms with van der Waals surface area (Å²) in [6.45, 7) is 0. The van der Waals surface area contributed by atoms with E-state index in [1.54, 1.807) is 0 Å². The third kappa shape index (κ3) is 2.37. The molecule has 1 unspecified atom stereocenters. The van der Waals surface area contributed by atoms with E-state index >= 15 is 0 Å². The van der Waals surface area contributed by atoms with Crippen molar-refractivity contribution in [3.8, 4) is 0 Å². The van der Waals surface area contributed by atoms with E-state index in [2.05, 4.69) is 47.8 Å². The van der Waals surface area contributed by atoms with Crippen LogP contribution in [0, 0.1) is 0 Å². The first-order valence-electron chi connectivity index (χ1n) is 9.03. The molecule has 128 valence electrons. The molecule has 3 aromatic rings. The first kappa shape index (κ1) is 15.7. The van der Waals surface area contributed by atoms with Crippen molar-refractivity contribution in [2.24, 2.45) is 0 Å². The maximum absolute atomic E-state index is 12.9. The quantitative estimate of drug-likeness (QED) is 0.572. The van der Waals surface area contributed by atoms with Crippen LogP contribution in [0.1, 0.15) is 36.3 Å². The number of allylic oxidation sites excluding steroid dienone is 2. The molecule has 1 aliphatic heterocycles. The Balaban J connectivity index is 1.85. The summed E-state index contributed by atoms with van der Waals surface area (Å²) in [7, 11) is 0. The van der Waals surface area contributed by atoms with Gasteiger partial charge in [-0.3, -0.25) is 4.79 Å².